The molecule has 2 atom stereocenters. The van der Waals surface area contributed by atoms with Crippen molar-refractivity contribution >= 4 is 5.69 Å². The first-order valence-corrected chi connectivity index (χ1v) is 6.86. The quantitative estimate of drug-likeness (QED) is 0.771. The van der Waals surface area contributed by atoms with E-state index in [1.54, 1.807) is 6.07 Å². The molecule has 1 aliphatic heterocycles. The molecule has 2 unspecified atom stereocenters. The second-order valence-corrected chi connectivity index (χ2v) is 6.93. The molecule has 1 aromatic carbocycles. The SMILES string of the molecule is CC(C)(C)C1C2CN(c3cc(F)cc(C#N)c3)CC21. The van der Waals surface area contributed by atoms with Crippen LogP contribution in [0.5, 0.6) is 0 Å². The van der Waals surface area contributed by atoms with Gasteiger partial charge >= 0.3 is 0 Å². The Kier molecular flexibility index (Phi) is 2.60. The van der Waals surface area contributed by atoms with Gasteiger partial charge in [-0.15, -0.1) is 0 Å². The number of rotatable bonds is 1. The fourth-order valence-corrected chi connectivity index (χ4v) is 3.84. The molecule has 1 saturated heterocycles. The zero-order valence-electron chi connectivity index (χ0n) is 11.7. The van der Waals surface area contributed by atoms with Gasteiger partial charge in [0.1, 0.15) is 5.82 Å². The van der Waals surface area contributed by atoms with Crippen molar-refractivity contribution in [1.82, 2.24) is 0 Å². The minimum atomic E-state index is -0.318. The number of hydrogen-bond acceptors (Lipinski definition) is 2. The van der Waals surface area contributed by atoms with E-state index in [1.165, 1.54) is 12.1 Å². The van der Waals surface area contributed by atoms with E-state index in [9.17, 15) is 4.39 Å². The zero-order valence-corrected chi connectivity index (χ0v) is 11.7. The average molecular weight is 258 g/mol. The highest BCUT2D eigenvalue weighted by molar-refractivity contribution is 5.53. The second kappa shape index (κ2) is 3.96. The molecule has 0 bridgehead atoms. The average Bonchev–Trinajstić information content (AvgIpc) is 2.86. The van der Waals surface area contributed by atoms with Crippen molar-refractivity contribution in [3.63, 3.8) is 0 Å². The molecule has 0 amide bonds. The lowest BCUT2D eigenvalue weighted by atomic mass is 9.87. The number of fused-ring (bicyclic) bond motifs is 1. The summed E-state index contributed by atoms with van der Waals surface area (Å²) >= 11 is 0. The van der Waals surface area contributed by atoms with Crippen LogP contribution in [0, 0.1) is 40.3 Å². The summed E-state index contributed by atoms with van der Waals surface area (Å²) in [6.45, 7) is 8.91. The molecule has 2 aliphatic rings. The largest absolute Gasteiger partial charge is 0.371 e. The van der Waals surface area contributed by atoms with E-state index >= 15 is 0 Å². The van der Waals surface area contributed by atoms with Gasteiger partial charge in [0.2, 0.25) is 0 Å². The molecular weight excluding hydrogens is 239 g/mol. The first-order chi connectivity index (χ1) is 8.90. The summed E-state index contributed by atoms with van der Waals surface area (Å²) in [5.41, 5.74) is 1.64. The summed E-state index contributed by atoms with van der Waals surface area (Å²) in [5.74, 6) is 1.97. The number of nitrogens with zero attached hydrogens (tertiary/aromatic N) is 2. The summed E-state index contributed by atoms with van der Waals surface area (Å²) in [6, 6.07) is 6.64. The first kappa shape index (κ1) is 12.5. The summed E-state index contributed by atoms with van der Waals surface area (Å²) in [5, 5.41) is 8.90. The van der Waals surface area contributed by atoms with Gasteiger partial charge in [0.05, 0.1) is 11.6 Å². The standard InChI is InChI=1S/C16H19FN2/c1-16(2,3)15-13-8-19(9-14(13)15)12-5-10(7-18)4-11(17)6-12/h4-6,13-15H,8-9H2,1-3H3. The Bertz CT molecular complexity index is 541. The third kappa shape index (κ3) is 2.10. The van der Waals surface area contributed by atoms with Crippen molar-refractivity contribution in [2.45, 2.75) is 20.8 Å². The van der Waals surface area contributed by atoms with Crippen molar-refractivity contribution in [3.05, 3.63) is 29.6 Å². The Labute approximate surface area is 113 Å². The summed E-state index contributed by atoms with van der Waals surface area (Å²) in [6.07, 6.45) is 0. The van der Waals surface area contributed by atoms with E-state index in [0.29, 0.717) is 11.0 Å². The first-order valence-electron chi connectivity index (χ1n) is 6.86. The highest BCUT2D eigenvalue weighted by Crippen LogP contribution is 2.60. The lowest BCUT2D eigenvalue weighted by molar-refractivity contribution is 0.309. The lowest BCUT2D eigenvalue weighted by Crippen LogP contribution is -2.27. The number of nitriles is 1. The number of piperidine rings is 1. The van der Waals surface area contributed by atoms with Crippen LogP contribution in [0.1, 0.15) is 26.3 Å². The van der Waals surface area contributed by atoms with Crippen molar-refractivity contribution in [3.8, 4) is 6.07 Å². The van der Waals surface area contributed by atoms with Crippen molar-refractivity contribution in [1.29, 1.82) is 5.26 Å². The van der Waals surface area contributed by atoms with E-state index in [1.807, 2.05) is 6.07 Å². The Morgan fingerprint density at radius 2 is 1.84 bits per heavy atom. The Balaban J connectivity index is 1.75. The molecular formula is C16H19FN2. The highest BCUT2D eigenvalue weighted by atomic mass is 19.1. The lowest BCUT2D eigenvalue weighted by Gasteiger charge is -2.27. The highest BCUT2D eigenvalue weighted by Gasteiger charge is 2.59. The zero-order chi connectivity index (χ0) is 13.8. The van der Waals surface area contributed by atoms with E-state index < -0.39 is 0 Å². The maximum Gasteiger partial charge on any atom is 0.126 e. The number of anilines is 1. The van der Waals surface area contributed by atoms with E-state index in [0.717, 1.165) is 36.5 Å². The summed E-state index contributed by atoms with van der Waals surface area (Å²) in [7, 11) is 0. The fourth-order valence-electron chi connectivity index (χ4n) is 3.84. The van der Waals surface area contributed by atoms with Gasteiger partial charge in [-0.1, -0.05) is 20.8 Å². The van der Waals surface area contributed by atoms with Gasteiger partial charge in [-0.25, -0.2) is 4.39 Å². The third-order valence-electron chi connectivity index (χ3n) is 4.57. The molecule has 0 spiro atoms. The maximum absolute atomic E-state index is 13.5. The summed E-state index contributed by atoms with van der Waals surface area (Å²) < 4.78 is 13.5. The van der Waals surface area contributed by atoms with Crippen LogP contribution in [-0.4, -0.2) is 13.1 Å². The van der Waals surface area contributed by atoms with Crippen LogP contribution in [-0.2, 0) is 0 Å². The number of hydrogen-bond donors (Lipinski definition) is 0. The van der Waals surface area contributed by atoms with E-state index in [-0.39, 0.29) is 5.82 Å². The molecule has 1 aliphatic carbocycles. The molecule has 0 aromatic heterocycles. The van der Waals surface area contributed by atoms with Gasteiger partial charge in [0.25, 0.3) is 0 Å². The molecule has 0 radical (unpaired) electrons. The molecule has 2 nitrogen and oxygen atoms in total. The normalized spacial score (nSPS) is 29.0. The van der Waals surface area contributed by atoms with Crippen molar-refractivity contribution in [2.75, 3.05) is 18.0 Å². The van der Waals surface area contributed by atoms with Crippen LogP contribution in [0.2, 0.25) is 0 Å². The molecule has 3 heteroatoms. The van der Waals surface area contributed by atoms with Crippen LogP contribution in [0.3, 0.4) is 0 Å². The van der Waals surface area contributed by atoms with Crippen LogP contribution in [0.25, 0.3) is 0 Å². The van der Waals surface area contributed by atoms with Crippen LogP contribution in [0.15, 0.2) is 18.2 Å². The predicted octanol–water partition coefficient (Wildman–Crippen LogP) is 3.43. The molecule has 1 aromatic rings. The van der Waals surface area contributed by atoms with Gasteiger partial charge in [-0.05, 0) is 41.4 Å². The molecule has 3 rings (SSSR count). The third-order valence-corrected chi connectivity index (χ3v) is 4.57. The fraction of sp³-hybridized carbons (Fsp3) is 0.562. The van der Waals surface area contributed by atoms with Crippen molar-refractivity contribution in [2.24, 2.45) is 23.2 Å². The number of halogens is 1. The molecule has 19 heavy (non-hydrogen) atoms. The summed E-state index contributed by atoms with van der Waals surface area (Å²) in [4.78, 5) is 2.22. The second-order valence-electron chi connectivity index (χ2n) is 6.93. The van der Waals surface area contributed by atoms with Crippen LogP contribution < -0.4 is 4.90 Å². The van der Waals surface area contributed by atoms with Crippen LogP contribution >= 0.6 is 0 Å². The smallest absolute Gasteiger partial charge is 0.126 e. The Morgan fingerprint density at radius 1 is 1.21 bits per heavy atom. The monoisotopic (exact) mass is 258 g/mol. The topological polar surface area (TPSA) is 27.0 Å². The van der Waals surface area contributed by atoms with Gasteiger partial charge in [0, 0.05) is 18.8 Å². The van der Waals surface area contributed by atoms with Crippen molar-refractivity contribution < 1.29 is 4.39 Å². The van der Waals surface area contributed by atoms with Gasteiger partial charge < -0.3 is 4.90 Å². The molecule has 0 N–H and O–H groups in total. The molecule has 1 heterocycles. The van der Waals surface area contributed by atoms with E-state index in [2.05, 4.69) is 25.7 Å². The van der Waals surface area contributed by atoms with E-state index in [4.69, 9.17) is 5.26 Å². The molecule has 100 valence electrons. The van der Waals surface area contributed by atoms with Gasteiger partial charge in [-0.3, -0.25) is 0 Å². The minimum Gasteiger partial charge on any atom is -0.371 e. The van der Waals surface area contributed by atoms with Crippen LogP contribution in [0.4, 0.5) is 10.1 Å². The predicted molar refractivity (Wildman–Crippen MR) is 73.3 cm³/mol. The molecule has 1 saturated carbocycles. The molecule has 2 fully saturated rings. The van der Waals surface area contributed by atoms with Gasteiger partial charge in [0.15, 0.2) is 0 Å². The number of benzene rings is 1. The Morgan fingerprint density at radius 3 is 2.37 bits per heavy atom. The minimum absolute atomic E-state index is 0.318. The van der Waals surface area contributed by atoms with Gasteiger partial charge in [-0.2, -0.15) is 5.26 Å². The Hall–Kier alpha value is -1.56. The maximum atomic E-state index is 13.5.